The van der Waals surface area contributed by atoms with Gasteiger partial charge in [-0.2, -0.15) is 20.2 Å². The number of hydrogen-bond donors (Lipinski definition) is 1. The molecular formula is C45H56F2N12O4. The van der Waals surface area contributed by atoms with Crippen LogP contribution in [-0.4, -0.2) is 92.6 Å². The molecule has 1 aliphatic rings. The molecule has 3 amide bonds. The quantitative estimate of drug-likeness (QED) is 0.112. The number of alkyl halides is 2. The summed E-state index contributed by atoms with van der Waals surface area (Å²) in [6, 6.07) is 14.6. The number of para-hydroxylation sites is 2. The van der Waals surface area contributed by atoms with Gasteiger partial charge in [-0.15, -0.1) is 0 Å². The standard InChI is InChI=1S/C45H56F2N12O4/c1-9-58-36(22-30(5)51-58)41(61)49-43-53(7)33-14-11-12-15-34(33)56(43)26-28(3)29(4)27-57-39-35(54(8)44(57)50-42(62)37-23-31(6)52-59(37)10-2)24-32(40(48)60)25-38(39)63-21-13-18-55-19-16-45(46,47)17-20-55/h11-12,14-15,22-25H,9-10,13,16-21,26-27H2,1-8H3,(H2,48,60)/b29-28+,49-43+,50-44+. The molecule has 0 bridgehead atoms. The van der Waals surface area contributed by atoms with E-state index in [0.717, 1.165) is 27.9 Å². The van der Waals surface area contributed by atoms with Crippen LogP contribution < -0.4 is 21.7 Å². The number of aryl methyl sites for hydroxylation is 6. The number of fused-ring (bicyclic) bond motifs is 2. The summed E-state index contributed by atoms with van der Waals surface area (Å²) in [6.45, 7) is 14.5. The second-order valence-electron chi connectivity index (χ2n) is 16.4. The maximum atomic E-state index is 14.0. The number of nitrogens with zero attached hydrogens (tertiary/aromatic N) is 11. The fraction of sp³-hybridized carbons (Fsp3) is 0.444. The molecule has 63 heavy (non-hydrogen) atoms. The molecule has 6 aromatic rings. The lowest BCUT2D eigenvalue weighted by Crippen LogP contribution is -2.40. The van der Waals surface area contributed by atoms with Gasteiger partial charge in [0.25, 0.3) is 17.7 Å². The van der Waals surface area contributed by atoms with E-state index >= 15 is 0 Å². The van der Waals surface area contributed by atoms with E-state index in [9.17, 15) is 23.2 Å². The molecular weight excluding hydrogens is 811 g/mol. The van der Waals surface area contributed by atoms with Crippen LogP contribution in [0, 0.1) is 13.8 Å². The molecule has 1 saturated heterocycles. The first-order chi connectivity index (χ1) is 30.0. The number of amides is 3. The Morgan fingerprint density at radius 1 is 0.778 bits per heavy atom. The molecule has 18 heteroatoms. The third-order valence-corrected chi connectivity index (χ3v) is 11.8. The number of allylic oxidation sites excluding steroid dienone is 2. The molecule has 7 rings (SSSR count). The summed E-state index contributed by atoms with van der Waals surface area (Å²) in [5, 5.41) is 8.91. The third kappa shape index (κ3) is 9.21. The fourth-order valence-electron chi connectivity index (χ4n) is 8.24. The zero-order valence-electron chi connectivity index (χ0n) is 37.3. The molecule has 0 unspecified atom stereocenters. The van der Waals surface area contributed by atoms with Crippen LogP contribution in [0.4, 0.5) is 8.78 Å². The predicted octanol–water partition coefficient (Wildman–Crippen LogP) is 5.44. The zero-order valence-corrected chi connectivity index (χ0v) is 37.3. The highest BCUT2D eigenvalue weighted by molar-refractivity contribution is 5.99. The molecule has 0 saturated carbocycles. The first-order valence-electron chi connectivity index (χ1n) is 21.3. The third-order valence-electron chi connectivity index (χ3n) is 11.8. The van der Waals surface area contributed by atoms with Crippen LogP contribution in [0.2, 0.25) is 0 Å². The van der Waals surface area contributed by atoms with E-state index in [1.165, 1.54) is 0 Å². The van der Waals surface area contributed by atoms with E-state index in [1.807, 2.05) is 91.5 Å². The van der Waals surface area contributed by atoms with Crippen molar-refractivity contribution in [2.45, 2.75) is 92.9 Å². The number of aromatic nitrogens is 8. The van der Waals surface area contributed by atoms with Crippen molar-refractivity contribution < 1.29 is 27.9 Å². The monoisotopic (exact) mass is 866 g/mol. The van der Waals surface area contributed by atoms with Crippen molar-refractivity contribution in [1.82, 2.24) is 42.7 Å². The number of rotatable bonds is 14. The number of piperidine rings is 1. The Balaban J connectivity index is 1.32. The topological polar surface area (TPSA) is 170 Å². The van der Waals surface area contributed by atoms with Crippen molar-refractivity contribution in [3.8, 4) is 5.75 Å². The number of nitrogens with two attached hydrogens (primary N) is 1. The van der Waals surface area contributed by atoms with Crippen molar-refractivity contribution in [3.63, 3.8) is 0 Å². The van der Waals surface area contributed by atoms with E-state index in [-0.39, 0.29) is 31.6 Å². The lowest BCUT2D eigenvalue weighted by molar-refractivity contribution is -0.0554. The molecule has 1 fully saturated rings. The van der Waals surface area contributed by atoms with Crippen LogP contribution >= 0.6 is 0 Å². The molecule has 0 spiro atoms. The number of hydrogen-bond acceptors (Lipinski definition) is 7. The number of primary amides is 1. The summed E-state index contributed by atoms with van der Waals surface area (Å²) < 4.78 is 44.9. The van der Waals surface area contributed by atoms with Crippen LogP contribution in [-0.2, 0) is 40.3 Å². The normalized spacial score (nSPS) is 15.5. The highest BCUT2D eigenvalue weighted by Gasteiger charge is 2.33. The Hall–Kier alpha value is -6.43. The van der Waals surface area contributed by atoms with Crippen LogP contribution in [0.1, 0.15) is 89.7 Å². The van der Waals surface area contributed by atoms with Crippen molar-refractivity contribution in [1.29, 1.82) is 0 Å². The number of likely N-dealkylation sites (tertiary alicyclic amines) is 1. The highest BCUT2D eigenvalue weighted by atomic mass is 19.3. The van der Waals surface area contributed by atoms with Crippen LogP contribution in [0.5, 0.6) is 5.75 Å². The maximum Gasteiger partial charge on any atom is 0.298 e. The summed E-state index contributed by atoms with van der Waals surface area (Å²) in [5.41, 5.74) is 13.8. The zero-order chi connectivity index (χ0) is 45.3. The minimum absolute atomic E-state index is 0.173. The van der Waals surface area contributed by atoms with Gasteiger partial charge in [0.15, 0.2) is 0 Å². The molecule has 0 atom stereocenters. The van der Waals surface area contributed by atoms with Crippen LogP contribution in [0.25, 0.3) is 22.1 Å². The molecule has 0 radical (unpaired) electrons. The number of imidazole rings is 2. The Morgan fingerprint density at radius 3 is 1.86 bits per heavy atom. The molecule has 1 aliphatic heterocycles. The van der Waals surface area contributed by atoms with Gasteiger partial charge in [0, 0.05) is 78.3 Å². The second-order valence-corrected chi connectivity index (χ2v) is 16.4. The first-order valence-corrected chi connectivity index (χ1v) is 21.3. The van der Waals surface area contributed by atoms with E-state index in [1.54, 1.807) is 45.2 Å². The highest BCUT2D eigenvalue weighted by Crippen LogP contribution is 2.30. The first kappa shape index (κ1) is 44.6. The molecule has 16 nitrogen and oxygen atoms in total. The van der Waals surface area contributed by atoms with Gasteiger partial charge >= 0.3 is 0 Å². The lowest BCUT2D eigenvalue weighted by atomic mass is 10.1. The summed E-state index contributed by atoms with van der Waals surface area (Å²) in [6.07, 6.45) is 0.202. The van der Waals surface area contributed by atoms with Gasteiger partial charge in [-0.3, -0.25) is 23.7 Å². The maximum absolute atomic E-state index is 14.0. The summed E-state index contributed by atoms with van der Waals surface area (Å²) in [4.78, 5) is 51.9. The molecule has 0 aliphatic carbocycles. The summed E-state index contributed by atoms with van der Waals surface area (Å²) in [7, 11) is 3.65. The largest absolute Gasteiger partial charge is 0.491 e. The van der Waals surface area contributed by atoms with E-state index < -0.39 is 23.6 Å². The van der Waals surface area contributed by atoms with Gasteiger partial charge in [-0.1, -0.05) is 23.3 Å². The van der Waals surface area contributed by atoms with E-state index in [4.69, 9.17) is 15.5 Å². The number of ether oxygens (including phenoxy) is 1. The molecule has 2 aromatic carbocycles. The van der Waals surface area contributed by atoms with Gasteiger partial charge < -0.3 is 33.6 Å². The average molecular weight is 867 g/mol. The summed E-state index contributed by atoms with van der Waals surface area (Å²) in [5.74, 6) is -3.84. The predicted molar refractivity (Wildman–Crippen MR) is 235 cm³/mol. The fourth-order valence-corrected chi connectivity index (χ4v) is 8.24. The number of halogens is 2. The van der Waals surface area contributed by atoms with Crippen molar-refractivity contribution in [2.24, 2.45) is 29.8 Å². The van der Waals surface area contributed by atoms with Crippen molar-refractivity contribution >= 4 is 39.8 Å². The smallest absolute Gasteiger partial charge is 0.298 e. The van der Waals surface area contributed by atoms with Gasteiger partial charge in [0.1, 0.15) is 22.7 Å². The van der Waals surface area contributed by atoms with Gasteiger partial charge in [-0.05, 0) is 84.4 Å². The van der Waals surface area contributed by atoms with E-state index in [2.05, 4.69) is 15.2 Å². The minimum atomic E-state index is -2.64. The van der Waals surface area contributed by atoms with Gasteiger partial charge in [0.05, 0.1) is 34.5 Å². The Labute approximate surface area is 363 Å². The van der Waals surface area contributed by atoms with Gasteiger partial charge in [-0.25, -0.2) is 8.78 Å². The van der Waals surface area contributed by atoms with Crippen molar-refractivity contribution in [3.05, 3.63) is 99.3 Å². The number of carbonyl (C=O) groups excluding carboxylic acids is 3. The Bertz CT molecular complexity index is 2910. The number of carbonyl (C=O) groups is 3. The Morgan fingerprint density at radius 2 is 1.30 bits per heavy atom. The molecule has 2 N–H and O–H groups in total. The van der Waals surface area contributed by atoms with E-state index in [0.29, 0.717) is 90.8 Å². The molecule has 4 aromatic heterocycles. The second kappa shape index (κ2) is 18.1. The number of benzene rings is 2. The lowest BCUT2D eigenvalue weighted by Gasteiger charge is -2.31. The van der Waals surface area contributed by atoms with Crippen molar-refractivity contribution in [2.75, 3.05) is 26.2 Å². The Kier molecular flexibility index (Phi) is 12.8. The minimum Gasteiger partial charge on any atom is -0.491 e. The average Bonchev–Trinajstić information content (AvgIpc) is 3.98. The van der Waals surface area contributed by atoms with Crippen LogP contribution in [0.3, 0.4) is 0 Å². The molecule has 5 heterocycles. The molecule has 334 valence electrons. The van der Waals surface area contributed by atoms with Crippen LogP contribution in [0.15, 0.2) is 69.7 Å². The SMILES string of the molecule is CCn1nc(C)cc1C(=O)/N=c1\n(C)c2ccccc2n1C/C(C)=C(\C)Cn1/c(=N/C(=O)c2cc(C)nn2CC)n(C)c2cc(C(N)=O)cc(OCCCN3CCC(F)(F)CC3)c21. The van der Waals surface area contributed by atoms with Gasteiger partial charge in [0.2, 0.25) is 17.1 Å². The summed E-state index contributed by atoms with van der Waals surface area (Å²) >= 11 is 0.